The molecule has 0 N–H and O–H groups in total. The van der Waals surface area contributed by atoms with E-state index in [9.17, 15) is 9.59 Å². The van der Waals surface area contributed by atoms with E-state index in [1.165, 1.54) is 11.3 Å². The normalized spacial score (nSPS) is 15.6. The zero-order chi connectivity index (χ0) is 25.4. The molecule has 6 nitrogen and oxygen atoms in total. The highest BCUT2D eigenvalue weighted by Gasteiger charge is 2.36. The van der Waals surface area contributed by atoms with Crippen LogP contribution in [0.4, 0.5) is 0 Å². The average Bonchev–Trinajstić information content (AvgIpc) is 3.18. The average molecular weight is 610 g/mol. The Morgan fingerprint density at radius 1 is 1.14 bits per heavy atom. The number of rotatable bonds is 5. The SMILES string of the molecule is CCOC(=O)C1=C(C)N=c2sc(=Cc3ccc(I)cc3)c(=O)n2C1c1c(OC)ccc2ccccc12. The summed E-state index contributed by atoms with van der Waals surface area (Å²) in [5.74, 6) is 0.0908. The first kappa shape index (κ1) is 24.5. The van der Waals surface area contributed by atoms with Crippen LogP contribution in [0.1, 0.15) is 31.0 Å². The molecule has 182 valence electrons. The second-order valence-electron chi connectivity index (χ2n) is 8.26. The number of halogens is 1. The molecule has 1 aliphatic heterocycles. The number of ether oxygens (including phenoxy) is 2. The molecular formula is C28H23IN2O4S. The summed E-state index contributed by atoms with van der Waals surface area (Å²) in [6, 6.07) is 18.9. The van der Waals surface area contributed by atoms with E-state index in [0.717, 1.165) is 25.5 Å². The van der Waals surface area contributed by atoms with Gasteiger partial charge >= 0.3 is 5.97 Å². The van der Waals surface area contributed by atoms with E-state index in [-0.39, 0.29) is 12.2 Å². The molecule has 1 unspecified atom stereocenters. The molecule has 4 aromatic rings. The molecule has 0 radical (unpaired) electrons. The van der Waals surface area contributed by atoms with E-state index in [1.807, 2.05) is 66.7 Å². The Morgan fingerprint density at radius 3 is 2.61 bits per heavy atom. The summed E-state index contributed by atoms with van der Waals surface area (Å²) < 4.78 is 14.5. The lowest BCUT2D eigenvalue weighted by Crippen LogP contribution is -2.40. The van der Waals surface area contributed by atoms with E-state index >= 15 is 0 Å². The van der Waals surface area contributed by atoms with Gasteiger partial charge < -0.3 is 9.47 Å². The summed E-state index contributed by atoms with van der Waals surface area (Å²) in [6.45, 7) is 3.76. The van der Waals surface area contributed by atoms with Gasteiger partial charge in [-0.1, -0.05) is 53.8 Å². The van der Waals surface area contributed by atoms with Gasteiger partial charge in [0, 0.05) is 9.13 Å². The van der Waals surface area contributed by atoms with Crippen LogP contribution < -0.4 is 19.6 Å². The zero-order valence-electron chi connectivity index (χ0n) is 19.9. The van der Waals surface area contributed by atoms with Gasteiger partial charge in [-0.15, -0.1) is 0 Å². The molecule has 3 aromatic carbocycles. The molecule has 2 heterocycles. The lowest BCUT2D eigenvalue weighted by molar-refractivity contribution is -0.139. The number of carbonyl (C=O) groups excluding carboxylic acids is 1. The van der Waals surface area contributed by atoms with Crippen LogP contribution in [-0.4, -0.2) is 24.3 Å². The Balaban J connectivity index is 1.84. The largest absolute Gasteiger partial charge is 0.496 e. The summed E-state index contributed by atoms with van der Waals surface area (Å²) in [5, 5.41) is 1.87. The number of thiazole rings is 1. The fourth-order valence-corrected chi connectivity index (χ4v) is 5.92. The molecule has 1 aliphatic rings. The van der Waals surface area contributed by atoms with E-state index in [4.69, 9.17) is 9.47 Å². The summed E-state index contributed by atoms with van der Waals surface area (Å²) in [5.41, 5.74) is 2.29. The lowest BCUT2D eigenvalue weighted by atomic mass is 9.90. The van der Waals surface area contributed by atoms with Gasteiger partial charge in [-0.2, -0.15) is 0 Å². The van der Waals surface area contributed by atoms with Crippen molar-refractivity contribution >= 4 is 56.7 Å². The van der Waals surface area contributed by atoms with Crippen molar-refractivity contribution in [2.45, 2.75) is 19.9 Å². The summed E-state index contributed by atoms with van der Waals surface area (Å²) in [6.07, 6.45) is 1.86. The van der Waals surface area contributed by atoms with Gasteiger partial charge in [0.2, 0.25) is 0 Å². The van der Waals surface area contributed by atoms with Crippen molar-refractivity contribution in [3.8, 4) is 5.75 Å². The van der Waals surface area contributed by atoms with Crippen molar-refractivity contribution in [1.82, 2.24) is 4.57 Å². The number of aromatic nitrogens is 1. The summed E-state index contributed by atoms with van der Waals surface area (Å²) in [4.78, 5) is 32.4. The van der Waals surface area contributed by atoms with Crippen LogP contribution in [0.25, 0.3) is 16.8 Å². The van der Waals surface area contributed by atoms with Gasteiger partial charge in [0.25, 0.3) is 5.56 Å². The second kappa shape index (κ2) is 10.0. The van der Waals surface area contributed by atoms with Gasteiger partial charge in [-0.25, -0.2) is 9.79 Å². The number of nitrogens with zero attached hydrogens (tertiary/aromatic N) is 2. The maximum atomic E-state index is 13.9. The minimum absolute atomic E-state index is 0.215. The van der Waals surface area contributed by atoms with Gasteiger partial charge in [-0.3, -0.25) is 9.36 Å². The van der Waals surface area contributed by atoms with Gasteiger partial charge in [-0.05, 0) is 77.0 Å². The number of hydrogen-bond donors (Lipinski definition) is 0. The van der Waals surface area contributed by atoms with Crippen LogP contribution in [0.5, 0.6) is 5.75 Å². The number of allylic oxidation sites excluding steroid dienone is 1. The van der Waals surface area contributed by atoms with Crippen molar-refractivity contribution in [2.75, 3.05) is 13.7 Å². The van der Waals surface area contributed by atoms with Crippen LogP contribution in [0.3, 0.4) is 0 Å². The third-order valence-corrected chi connectivity index (χ3v) is 7.81. The van der Waals surface area contributed by atoms with Crippen molar-refractivity contribution in [2.24, 2.45) is 4.99 Å². The lowest BCUT2D eigenvalue weighted by Gasteiger charge is -2.27. The number of carbonyl (C=O) groups is 1. The zero-order valence-corrected chi connectivity index (χ0v) is 22.9. The Hall–Kier alpha value is -3.24. The number of methoxy groups -OCH3 is 1. The maximum absolute atomic E-state index is 13.9. The smallest absolute Gasteiger partial charge is 0.338 e. The standard InChI is InChI=1S/C28H23IN2O4S/c1-4-35-27(33)23-16(2)30-28-31(26(32)22(36-28)15-17-9-12-19(29)13-10-17)25(23)24-20-8-6-5-7-18(20)11-14-21(24)34-3/h5-15,25H,4H2,1-3H3. The first-order chi connectivity index (χ1) is 17.4. The van der Waals surface area contributed by atoms with Crippen molar-refractivity contribution in [3.63, 3.8) is 0 Å². The van der Waals surface area contributed by atoms with E-state index in [0.29, 0.717) is 26.4 Å². The molecule has 1 aromatic heterocycles. The molecule has 0 saturated heterocycles. The van der Waals surface area contributed by atoms with Gasteiger partial charge in [0.05, 0.1) is 29.5 Å². The number of hydrogen-bond acceptors (Lipinski definition) is 6. The predicted octanol–water partition coefficient (Wildman–Crippen LogP) is 4.56. The summed E-state index contributed by atoms with van der Waals surface area (Å²) in [7, 11) is 1.59. The molecule has 0 fully saturated rings. The highest BCUT2D eigenvalue weighted by atomic mass is 127. The third kappa shape index (κ3) is 4.28. The molecule has 0 bridgehead atoms. The van der Waals surface area contributed by atoms with Crippen molar-refractivity contribution < 1.29 is 14.3 Å². The van der Waals surface area contributed by atoms with Crippen LogP contribution in [0.2, 0.25) is 0 Å². The van der Waals surface area contributed by atoms with Gasteiger partial charge in [0.15, 0.2) is 4.80 Å². The molecule has 8 heteroatoms. The fraction of sp³-hybridized carbons (Fsp3) is 0.179. The third-order valence-electron chi connectivity index (χ3n) is 6.11. The molecule has 0 amide bonds. The van der Waals surface area contributed by atoms with Crippen molar-refractivity contribution in [1.29, 1.82) is 0 Å². The Morgan fingerprint density at radius 2 is 1.89 bits per heavy atom. The van der Waals surface area contributed by atoms with Crippen LogP contribution >= 0.6 is 33.9 Å². The fourth-order valence-electron chi connectivity index (χ4n) is 4.51. The Bertz CT molecular complexity index is 1700. The van der Waals surface area contributed by atoms with E-state index in [2.05, 4.69) is 27.6 Å². The minimum Gasteiger partial charge on any atom is -0.496 e. The monoisotopic (exact) mass is 610 g/mol. The molecular weight excluding hydrogens is 587 g/mol. The van der Waals surface area contributed by atoms with Crippen LogP contribution in [-0.2, 0) is 9.53 Å². The number of benzene rings is 3. The minimum atomic E-state index is -0.750. The van der Waals surface area contributed by atoms with Crippen LogP contribution in [0, 0.1) is 3.57 Å². The number of fused-ring (bicyclic) bond motifs is 2. The maximum Gasteiger partial charge on any atom is 0.338 e. The highest BCUT2D eigenvalue weighted by Crippen LogP contribution is 2.40. The van der Waals surface area contributed by atoms with E-state index < -0.39 is 12.0 Å². The Labute approximate surface area is 225 Å². The quantitative estimate of drug-likeness (QED) is 0.246. The van der Waals surface area contributed by atoms with Crippen LogP contribution in [0.15, 0.2) is 81.7 Å². The molecule has 1 atom stereocenters. The first-order valence-electron chi connectivity index (χ1n) is 11.4. The molecule has 0 aliphatic carbocycles. The highest BCUT2D eigenvalue weighted by molar-refractivity contribution is 14.1. The molecule has 0 saturated carbocycles. The molecule has 5 rings (SSSR count). The number of esters is 1. The first-order valence-corrected chi connectivity index (χ1v) is 13.3. The van der Waals surface area contributed by atoms with Crippen molar-refractivity contribution in [3.05, 3.63) is 106 Å². The summed E-state index contributed by atoms with van der Waals surface area (Å²) >= 11 is 3.56. The Kier molecular flexibility index (Phi) is 6.81. The molecule has 0 spiro atoms. The van der Waals surface area contributed by atoms with Gasteiger partial charge in [0.1, 0.15) is 11.8 Å². The van der Waals surface area contributed by atoms with E-state index in [1.54, 1.807) is 25.5 Å². The molecule has 36 heavy (non-hydrogen) atoms. The predicted molar refractivity (Wildman–Crippen MR) is 150 cm³/mol. The topological polar surface area (TPSA) is 69.9 Å². The second-order valence-corrected chi connectivity index (χ2v) is 10.5.